The minimum absolute atomic E-state index is 0.122. The lowest BCUT2D eigenvalue weighted by atomic mass is 9.91. The van der Waals surface area contributed by atoms with Crippen LogP contribution in [-0.2, 0) is 0 Å². The van der Waals surface area contributed by atoms with Crippen LogP contribution < -0.4 is 0 Å². The van der Waals surface area contributed by atoms with Crippen LogP contribution in [0, 0.1) is 5.41 Å². The molecule has 18 heavy (non-hydrogen) atoms. The zero-order valence-corrected chi connectivity index (χ0v) is 12.3. The highest BCUT2D eigenvalue weighted by Gasteiger charge is 2.64. The zero-order chi connectivity index (χ0) is 13.8. The van der Waals surface area contributed by atoms with Gasteiger partial charge in [-0.25, -0.2) is 15.0 Å². The first-order valence-electron chi connectivity index (χ1n) is 6.21. The molecule has 0 bridgehead atoms. The van der Waals surface area contributed by atoms with E-state index in [-0.39, 0.29) is 5.41 Å². The predicted molar refractivity (Wildman–Crippen MR) is 68.2 cm³/mol. The second kappa shape index (κ2) is 3.55. The van der Waals surface area contributed by atoms with Gasteiger partial charge >= 0.3 is 0 Å². The second-order valence-corrected chi connectivity index (χ2v) is 6.73. The Morgan fingerprint density at radius 2 is 1.44 bits per heavy atom. The summed E-state index contributed by atoms with van der Waals surface area (Å²) in [5, 5.41) is 22.8. The summed E-state index contributed by atoms with van der Waals surface area (Å²) >= 11 is 0. The van der Waals surface area contributed by atoms with Crippen LogP contribution in [0.2, 0.25) is 0 Å². The van der Waals surface area contributed by atoms with E-state index >= 15 is 0 Å². The van der Waals surface area contributed by atoms with Gasteiger partial charge in [-0.3, -0.25) is 0 Å². The van der Waals surface area contributed by atoms with Gasteiger partial charge in [0.25, 0.3) is 5.79 Å². The van der Waals surface area contributed by atoms with Gasteiger partial charge in [-0.05, 0) is 29.7 Å². The molecule has 0 aromatic heterocycles. The number of rotatable bonds is 1. The molecule has 0 unspecified atom stereocenters. The smallest absolute Gasteiger partial charge is 0.231 e. The molecule has 0 N–H and O–H groups in total. The van der Waals surface area contributed by atoms with Gasteiger partial charge in [-0.2, -0.15) is 5.11 Å². The lowest BCUT2D eigenvalue weighted by Crippen LogP contribution is -2.69. The molecule has 0 saturated heterocycles. The van der Waals surface area contributed by atoms with Crippen molar-refractivity contribution in [2.24, 2.45) is 26.2 Å². The maximum absolute atomic E-state index is 4.42. The first-order valence-corrected chi connectivity index (χ1v) is 6.21. The van der Waals surface area contributed by atoms with Crippen molar-refractivity contribution in [3.63, 3.8) is 0 Å². The van der Waals surface area contributed by atoms with Crippen LogP contribution in [-0.4, -0.2) is 47.0 Å². The molecule has 0 radical (unpaired) electrons. The van der Waals surface area contributed by atoms with Gasteiger partial charge in [0, 0.05) is 20.6 Å². The number of likely N-dealkylation sites (N-methyl/N-ethyl adjacent to an activating group) is 2. The van der Waals surface area contributed by atoms with Crippen LogP contribution in [0.4, 0.5) is 0 Å². The van der Waals surface area contributed by atoms with E-state index in [2.05, 4.69) is 55.4 Å². The fraction of sp³-hybridized carbons (Fsp3) is 1.00. The Morgan fingerprint density at radius 3 is 1.89 bits per heavy atom. The molecule has 7 heteroatoms. The number of nitrogens with zero attached hydrogens (tertiary/aromatic N) is 7. The minimum atomic E-state index is -0.541. The molecule has 0 atom stereocenters. The van der Waals surface area contributed by atoms with Crippen molar-refractivity contribution in [1.82, 2.24) is 15.0 Å². The van der Waals surface area contributed by atoms with Crippen LogP contribution in [0.1, 0.15) is 34.6 Å². The van der Waals surface area contributed by atoms with Gasteiger partial charge in [-0.15, -0.1) is 0 Å². The normalized spacial score (nSPS) is 24.7. The summed E-state index contributed by atoms with van der Waals surface area (Å²) < 4.78 is 0. The molecule has 0 amide bonds. The van der Waals surface area contributed by atoms with E-state index in [1.165, 1.54) is 0 Å². The summed E-state index contributed by atoms with van der Waals surface area (Å²) in [6, 6.07) is 0. The Balaban J connectivity index is 2.40. The molecular formula is C11H23N7. The van der Waals surface area contributed by atoms with Gasteiger partial charge in [0.2, 0.25) is 0 Å². The Hall–Kier alpha value is -1.40. The minimum Gasteiger partial charge on any atom is -0.231 e. The molecule has 7 nitrogen and oxygen atoms in total. The summed E-state index contributed by atoms with van der Waals surface area (Å²) in [5.74, 6) is -0.541. The summed E-state index contributed by atoms with van der Waals surface area (Å²) in [6.45, 7) is 11.5. The molecule has 0 aromatic rings. The van der Waals surface area contributed by atoms with Crippen LogP contribution >= 0.6 is 0 Å². The third-order valence-corrected chi connectivity index (χ3v) is 3.42. The molecule has 0 saturated carbocycles. The number of hydrogen-bond donors (Lipinski definition) is 0. The van der Waals surface area contributed by atoms with Crippen molar-refractivity contribution in [2.75, 3.05) is 20.6 Å². The third kappa shape index (κ3) is 1.56. The highest BCUT2D eigenvalue weighted by Crippen LogP contribution is 2.46. The lowest BCUT2D eigenvalue weighted by molar-refractivity contribution is -0.143. The van der Waals surface area contributed by atoms with Crippen molar-refractivity contribution in [3.8, 4) is 0 Å². The zero-order valence-electron chi connectivity index (χ0n) is 12.3. The first kappa shape index (κ1) is 13.0. The van der Waals surface area contributed by atoms with Crippen LogP contribution in [0.15, 0.2) is 20.8 Å². The molecule has 2 aliphatic rings. The van der Waals surface area contributed by atoms with Gasteiger partial charge in [-0.1, -0.05) is 26.0 Å². The molecule has 0 aromatic carbocycles. The SMILES string of the molecule is CN1N=NN(C)C12N(CC(C)(C)C)N=NC2(C)C. The Morgan fingerprint density at radius 1 is 0.944 bits per heavy atom. The van der Waals surface area contributed by atoms with Gasteiger partial charge in [0.1, 0.15) is 5.54 Å². The monoisotopic (exact) mass is 253 g/mol. The van der Waals surface area contributed by atoms with E-state index < -0.39 is 11.3 Å². The topological polar surface area (TPSA) is 59.2 Å². The van der Waals surface area contributed by atoms with Crippen molar-refractivity contribution in [1.29, 1.82) is 0 Å². The molecule has 0 fully saturated rings. The average Bonchev–Trinajstić information content (AvgIpc) is 2.61. The maximum Gasteiger partial charge on any atom is 0.268 e. The van der Waals surface area contributed by atoms with Crippen molar-refractivity contribution in [2.45, 2.75) is 45.9 Å². The van der Waals surface area contributed by atoms with Gasteiger partial charge < -0.3 is 0 Å². The Labute approximate surface area is 108 Å². The van der Waals surface area contributed by atoms with Crippen LogP contribution in [0.25, 0.3) is 0 Å². The van der Waals surface area contributed by atoms with E-state index in [0.717, 1.165) is 6.54 Å². The predicted octanol–water partition coefficient (Wildman–Crippen LogP) is 2.31. The molecule has 102 valence electrons. The quantitative estimate of drug-likeness (QED) is 0.720. The highest BCUT2D eigenvalue weighted by molar-refractivity contribution is 5.06. The van der Waals surface area contributed by atoms with Gasteiger partial charge in [0.15, 0.2) is 0 Å². The first-order chi connectivity index (χ1) is 8.11. The molecule has 1 spiro atoms. The summed E-state index contributed by atoms with van der Waals surface area (Å²) in [7, 11) is 3.83. The summed E-state index contributed by atoms with van der Waals surface area (Å²) in [4.78, 5) is 0. The van der Waals surface area contributed by atoms with Crippen molar-refractivity contribution < 1.29 is 0 Å². The maximum atomic E-state index is 4.42. The van der Waals surface area contributed by atoms with Gasteiger partial charge in [0.05, 0.1) is 0 Å². The fourth-order valence-corrected chi connectivity index (χ4v) is 2.78. The molecule has 2 heterocycles. The Bertz CT molecular complexity index is 381. The molecule has 2 rings (SSSR count). The lowest BCUT2D eigenvalue weighted by Gasteiger charge is -2.47. The van der Waals surface area contributed by atoms with E-state index in [1.807, 2.05) is 29.1 Å². The second-order valence-electron chi connectivity index (χ2n) is 6.73. The van der Waals surface area contributed by atoms with E-state index in [9.17, 15) is 0 Å². The summed E-state index contributed by atoms with van der Waals surface area (Å²) in [6.07, 6.45) is 0. The average molecular weight is 253 g/mol. The molecule has 0 aliphatic carbocycles. The van der Waals surface area contributed by atoms with Crippen molar-refractivity contribution >= 4 is 0 Å². The standard InChI is InChI=1S/C11H23N7/c1-9(2,3)8-18-11(10(4,5)12-13-18)16(6)14-15-17(11)7/h8H2,1-7H3. The fourth-order valence-electron chi connectivity index (χ4n) is 2.78. The van der Waals surface area contributed by atoms with Crippen molar-refractivity contribution in [3.05, 3.63) is 0 Å². The largest absolute Gasteiger partial charge is 0.268 e. The third-order valence-electron chi connectivity index (χ3n) is 3.42. The van der Waals surface area contributed by atoms with E-state index in [0.29, 0.717) is 0 Å². The van der Waals surface area contributed by atoms with Crippen LogP contribution in [0.3, 0.4) is 0 Å². The Kier molecular flexibility index (Phi) is 2.57. The van der Waals surface area contributed by atoms with E-state index in [4.69, 9.17) is 0 Å². The highest BCUT2D eigenvalue weighted by atomic mass is 15.9. The number of hydrogen-bond acceptors (Lipinski definition) is 7. The van der Waals surface area contributed by atoms with E-state index in [1.54, 1.807) is 0 Å². The molecular weight excluding hydrogens is 230 g/mol. The summed E-state index contributed by atoms with van der Waals surface area (Å²) in [5.41, 5.74) is -0.276. The van der Waals surface area contributed by atoms with Crippen LogP contribution in [0.5, 0.6) is 0 Å². The molecule has 2 aliphatic heterocycles.